The van der Waals surface area contributed by atoms with Crippen LogP contribution in [0.2, 0.25) is 0 Å². The van der Waals surface area contributed by atoms with Crippen molar-refractivity contribution < 1.29 is 14.6 Å². The molecule has 0 saturated carbocycles. The van der Waals surface area contributed by atoms with Crippen LogP contribution in [0.15, 0.2) is 59.5 Å². The summed E-state index contributed by atoms with van der Waals surface area (Å²) in [6.07, 6.45) is 1.07. The molecule has 3 rings (SSSR count). The van der Waals surface area contributed by atoms with E-state index in [4.69, 9.17) is 9.47 Å². The van der Waals surface area contributed by atoms with E-state index in [0.29, 0.717) is 11.1 Å². The molecule has 1 heterocycles. The summed E-state index contributed by atoms with van der Waals surface area (Å²) in [5, 5.41) is 11.7. The van der Waals surface area contributed by atoms with Crippen molar-refractivity contribution in [3.63, 3.8) is 0 Å². The Labute approximate surface area is 158 Å². The largest absolute Gasteiger partial charge is 0.497 e. The maximum atomic E-state index is 13.0. The zero-order chi connectivity index (χ0) is 19.4. The molecule has 1 unspecified atom stereocenters. The van der Waals surface area contributed by atoms with Crippen LogP contribution in [0, 0.1) is 0 Å². The molecule has 5 nitrogen and oxygen atoms in total. The van der Waals surface area contributed by atoms with Gasteiger partial charge in [-0.05, 0) is 37.6 Å². The summed E-state index contributed by atoms with van der Waals surface area (Å²) in [6.45, 7) is 4.18. The molecule has 0 aliphatic rings. The second kappa shape index (κ2) is 8.37. The standard InChI is InChI=1S/C22H25NO4/c1-15(2)27-14-17(24)12-23-13-21(16-7-5-4-6-8-16)20-11-18(26-3)9-10-19(20)22(23)25/h4-11,13,15,17,24H,12,14H2,1-3H3. The monoisotopic (exact) mass is 367 g/mol. The van der Waals surface area contributed by atoms with E-state index in [1.807, 2.05) is 50.2 Å². The third-order valence-corrected chi connectivity index (χ3v) is 4.41. The van der Waals surface area contributed by atoms with Gasteiger partial charge >= 0.3 is 0 Å². The Hall–Kier alpha value is -2.63. The summed E-state index contributed by atoms with van der Waals surface area (Å²) in [5.41, 5.74) is 1.77. The molecule has 1 N–H and O–H groups in total. The highest BCUT2D eigenvalue weighted by molar-refractivity contribution is 5.96. The van der Waals surface area contributed by atoms with Crippen molar-refractivity contribution in [2.45, 2.75) is 32.6 Å². The Morgan fingerprint density at radius 1 is 1.07 bits per heavy atom. The van der Waals surface area contributed by atoms with Gasteiger partial charge in [-0.1, -0.05) is 30.3 Å². The summed E-state index contributed by atoms with van der Waals surface area (Å²) >= 11 is 0. The lowest BCUT2D eigenvalue weighted by molar-refractivity contribution is -0.000999. The second-order valence-electron chi connectivity index (χ2n) is 6.81. The molecular weight excluding hydrogens is 342 g/mol. The summed E-state index contributed by atoms with van der Waals surface area (Å²) < 4.78 is 12.4. The number of rotatable bonds is 7. The summed E-state index contributed by atoms with van der Waals surface area (Å²) in [7, 11) is 1.61. The minimum Gasteiger partial charge on any atom is -0.497 e. The van der Waals surface area contributed by atoms with Gasteiger partial charge in [-0.3, -0.25) is 4.79 Å². The first-order chi connectivity index (χ1) is 13.0. The number of aliphatic hydroxyl groups is 1. The van der Waals surface area contributed by atoms with Crippen molar-refractivity contribution in [2.24, 2.45) is 0 Å². The van der Waals surface area contributed by atoms with Gasteiger partial charge in [0.05, 0.1) is 32.5 Å². The summed E-state index contributed by atoms with van der Waals surface area (Å²) in [5.74, 6) is 0.696. The number of ether oxygens (including phenoxy) is 2. The molecular formula is C22H25NO4. The van der Waals surface area contributed by atoms with Gasteiger partial charge in [0.2, 0.25) is 0 Å². The van der Waals surface area contributed by atoms with Crippen LogP contribution in [0.3, 0.4) is 0 Å². The fraction of sp³-hybridized carbons (Fsp3) is 0.318. The molecule has 0 bridgehead atoms. The average Bonchev–Trinajstić information content (AvgIpc) is 2.68. The first kappa shape index (κ1) is 19.1. The van der Waals surface area contributed by atoms with Crippen LogP contribution in [0.25, 0.3) is 21.9 Å². The Kier molecular flexibility index (Phi) is 5.94. The quantitative estimate of drug-likeness (QED) is 0.695. The fourth-order valence-corrected chi connectivity index (χ4v) is 3.07. The van der Waals surface area contributed by atoms with Gasteiger partial charge in [0.15, 0.2) is 0 Å². The van der Waals surface area contributed by atoms with Gasteiger partial charge in [-0.15, -0.1) is 0 Å². The number of aliphatic hydroxyl groups excluding tert-OH is 1. The van der Waals surface area contributed by atoms with Gasteiger partial charge in [0.1, 0.15) is 5.75 Å². The van der Waals surface area contributed by atoms with Crippen molar-refractivity contribution in [1.82, 2.24) is 4.57 Å². The molecule has 0 radical (unpaired) electrons. The zero-order valence-corrected chi connectivity index (χ0v) is 15.9. The van der Waals surface area contributed by atoms with Crippen molar-refractivity contribution in [3.8, 4) is 16.9 Å². The van der Waals surface area contributed by atoms with Gasteiger partial charge in [0.25, 0.3) is 5.56 Å². The maximum Gasteiger partial charge on any atom is 0.258 e. The molecule has 0 aliphatic carbocycles. The van der Waals surface area contributed by atoms with E-state index in [2.05, 4.69) is 0 Å². The van der Waals surface area contributed by atoms with E-state index in [-0.39, 0.29) is 24.8 Å². The highest BCUT2D eigenvalue weighted by atomic mass is 16.5. The lowest BCUT2D eigenvalue weighted by Crippen LogP contribution is -2.30. The first-order valence-electron chi connectivity index (χ1n) is 9.06. The fourth-order valence-electron chi connectivity index (χ4n) is 3.07. The van der Waals surface area contributed by atoms with Gasteiger partial charge in [-0.2, -0.15) is 0 Å². The third kappa shape index (κ3) is 4.38. The number of nitrogens with zero attached hydrogens (tertiary/aromatic N) is 1. The molecule has 0 saturated heterocycles. The highest BCUT2D eigenvalue weighted by Crippen LogP contribution is 2.29. The molecule has 142 valence electrons. The lowest BCUT2D eigenvalue weighted by atomic mass is 10.0. The van der Waals surface area contributed by atoms with Crippen LogP contribution in [0.4, 0.5) is 0 Å². The van der Waals surface area contributed by atoms with Crippen LogP contribution in [0.5, 0.6) is 5.75 Å². The van der Waals surface area contributed by atoms with Gasteiger partial charge < -0.3 is 19.1 Å². The van der Waals surface area contributed by atoms with Crippen molar-refractivity contribution >= 4 is 10.8 Å². The Morgan fingerprint density at radius 3 is 2.48 bits per heavy atom. The van der Waals surface area contributed by atoms with E-state index in [1.54, 1.807) is 30.0 Å². The first-order valence-corrected chi connectivity index (χ1v) is 9.06. The van der Waals surface area contributed by atoms with Crippen molar-refractivity contribution in [1.29, 1.82) is 0 Å². The molecule has 5 heteroatoms. The Balaban J connectivity index is 2.10. The van der Waals surface area contributed by atoms with Crippen LogP contribution < -0.4 is 10.3 Å². The molecule has 0 aliphatic heterocycles. The summed E-state index contributed by atoms with van der Waals surface area (Å²) in [6, 6.07) is 15.3. The van der Waals surface area contributed by atoms with E-state index in [9.17, 15) is 9.90 Å². The number of fused-ring (bicyclic) bond motifs is 1. The zero-order valence-electron chi connectivity index (χ0n) is 15.9. The van der Waals surface area contributed by atoms with Crippen LogP contribution in [-0.4, -0.2) is 35.6 Å². The van der Waals surface area contributed by atoms with E-state index in [0.717, 1.165) is 16.5 Å². The van der Waals surface area contributed by atoms with Crippen LogP contribution in [0.1, 0.15) is 13.8 Å². The third-order valence-electron chi connectivity index (χ3n) is 4.41. The molecule has 0 spiro atoms. The molecule has 1 atom stereocenters. The van der Waals surface area contributed by atoms with Gasteiger partial charge in [-0.25, -0.2) is 0 Å². The molecule has 27 heavy (non-hydrogen) atoms. The Bertz CT molecular complexity index is 963. The lowest BCUT2D eigenvalue weighted by Gasteiger charge is -2.17. The van der Waals surface area contributed by atoms with Crippen LogP contribution in [-0.2, 0) is 11.3 Å². The highest BCUT2D eigenvalue weighted by Gasteiger charge is 2.14. The van der Waals surface area contributed by atoms with Gasteiger partial charge in [0, 0.05) is 22.5 Å². The molecule has 0 fully saturated rings. The number of pyridine rings is 1. The minimum atomic E-state index is -0.760. The number of hydrogen-bond acceptors (Lipinski definition) is 4. The smallest absolute Gasteiger partial charge is 0.258 e. The number of methoxy groups -OCH3 is 1. The predicted octanol–water partition coefficient (Wildman–Crippen LogP) is 3.46. The number of aromatic nitrogens is 1. The maximum absolute atomic E-state index is 13.0. The van der Waals surface area contributed by atoms with E-state index < -0.39 is 6.10 Å². The summed E-state index contributed by atoms with van der Waals surface area (Å²) in [4.78, 5) is 13.0. The van der Waals surface area contributed by atoms with Crippen molar-refractivity contribution in [2.75, 3.05) is 13.7 Å². The molecule has 2 aromatic carbocycles. The Morgan fingerprint density at radius 2 is 1.81 bits per heavy atom. The van der Waals surface area contributed by atoms with E-state index >= 15 is 0 Å². The predicted molar refractivity (Wildman–Crippen MR) is 107 cm³/mol. The molecule has 0 amide bonds. The minimum absolute atomic E-state index is 0.0281. The number of hydrogen-bond donors (Lipinski definition) is 1. The number of benzene rings is 2. The SMILES string of the molecule is COc1ccc2c(=O)n(CC(O)COC(C)C)cc(-c3ccccc3)c2c1. The topological polar surface area (TPSA) is 60.7 Å². The average molecular weight is 367 g/mol. The second-order valence-corrected chi connectivity index (χ2v) is 6.81. The van der Waals surface area contributed by atoms with E-state index in [1.165, 1.54) is 0 Å². The molecule has 1 aromatic heterocycles. The normalized spacial score (nSPS) is 12.5. The van der Waals surface area contributed by atoms with Crippen molar-refractivity contribution in [3.05, 3.63) is 65.1 Å². The molecule has 3 aromatic rings. The van der Waals surface area contributed by atoms with Crippen LogP contribution >= 0.6 is 0 Å².